The number of nitrogens with zero attached hydrogens (tertiary/aromatic N) is 3. The number of methoxy groups -OCH3 is 1. The number of fused-ring (bicyclic) bond motifs is 4. The number of alkyl halides is 2. The molecule has 0 radical (unpaired) electrons. The number of aliphatic hydroxyl groups excluding tert-OH is 1. The maximum atomic E-state index is 17.0. The Kier molecular flexibility index (Phi) is 7.36. The summed E-state index contributed by atoms with van der Waals surface area (Å²) >= 11 is 0. The minimum Gasteiger partial charge on any atom is -0.493 e. The number of carbonyl (C=O) groups is 1. The molecule has 3 unspecified atom stereocenters. The summed E-state index contributed by atoms with van der Waals surface area (Å²) in [6, 6.07) is 4.53. The number of halogens is 5. The molecular weight excluding hydrogens is 627 g/mol. The van der Waals surface area contributed by atoms with Gasteiger partial charge >= 0.3 is 6.01 Å². The van der Waals surface area contributed by atoms with Crippen LogP contribution in [0.2, 0.25) is 0 Å². The molecule has 1 saturated carbocycles. The van der Waals surface area contributed by atoms with Crippen LogP contribution in [0.25, 0.3) is 32.8 Å². The Labute approximate surface area is 264 Å². The van der Waals surface area contributed by atoms with Crippen molar-refractivity contribution in [3.8, 4) is 41.0 Å². The molecule has 3 atom stereocenters. The normalized spacial score (nSPS) is 22.7. The van der Waals surface area contributed by atoms with Crippen molar-refractivity contribution in [3.63, 3.8) is 0 Å². The standard InChI is InChI=1S/C33H27F5N4O5/c1-3-20-22(34)7-4-16-8-19(47-15-44)9-21(23(16)20)24-26(35)28-25(29(45-2)27(24)36)30(42-10-17-5-6-18(11-42)39-17)41-31(40-28)46-14-32(13-43)12-33(32,37)38/h1,4,7-9,15,17-18,39,43H,5-6,10-14H2,2H3. The number of carbonyl (C=O) groups excluding carboxylic acids is 1. The van der Waals surface area contributed by atoms with Gasteiger partial charge in [-0.25, -0.2) is 22.0 Å². The molecule has 1 aromatic heterocycles. The van der Waals surface area contributed by atoms with Crippen molar-refractivity contribution < 1.29 is 46.1 Å². The molecule has 1 aliphatic carbocycles. The zero-order chi connectivity index (χ0) is 33.2. The second kappa shape index (κ2) is 11.2. The highest BCUT2D eigenvalue weighted by molar-refractivity contribution is 6.06. The Hall–Kier alpha value is -4.74. The predicted molar refractivity (Wildman–Crippen MR) is 160 cm³/mol. The minimum atomic E-state index is -3.18. The molecule has 2 saturated heterocycles. The summed E-state index contributed by atoms with van der Waals surface area (Å²) in [5.74, 6) is -4.71. The summed E-state index contributed by atoms with van der Waals surface area (Å²) in [7, 11) is 1.17. The fourth-order valence-corrected chi connectivity index (χ4v) is 6.76. The van der Waals surface area contributed by atoms with Crippen molar-refractivity contribution >= 4 is 34.0 Å². The van der Waals surface area contributed by atoms with Gasteiger partial charge < -0.3 is 29.5 Å². The molecular formula is C33H27F5N4O5. The topological polar surface area (TPSA) is 106 Å². The lowest BCUT2D eigenvalue weighted by Crippen LogP contribution is -2.51. The summed E-state index contributed by atoms with van der Waals surface area (Å²) in [4.78, 5) is 21.7. The zero-order valence-electron chi connectivity index (χ0n) is 24.9. The minimum absolute atomic E-state index is 0.0461. The summed E-state index contributed by atoms with van der Waals surface area (Å²) in [6.45, 7) is -0.581. The summed E-state index contributed by atoms with van der Waals surface area (Å²) in [6.07, 6.45) is 6.75. The number of aromatic nitrogens is 2. The molecule has 2 N–H and O–H groups in total. The van der Waals surface area contributed by atoms with Crippen molar-refractivity contribution in [1.82, 2.24) is 15.3 Å². The average molecular weight is 655 g/mol. The van der Waals surface area contributed by atoms with E-state index in [1.54, 1.807) is 0 Å². The molecule has 3 aliphatic rings. The fraction of sp³-hybridized carbons (Fsp3) is 0.364. The van der Waals surface area contributed by atoms with Gasteiger partial charge in [-0.2, -0.15) is 9.97 Å². The van der Waals surface area contributed by atoms with Gasteiger partial charge in [0.2, 0.25) is 0 Å². The third-order valence-corrected chi connectivity index (χ3v) is 9.29. The Morgan fingerprint density at radius 2 is 1.85 bits per heavy atom. The van der Waals surface area contributed by atoms with Crippen LogP contribution >= 0.6 is 0 Å². The number of anilines is 1. The first-order valence-corrected chi connectivity index (χ1v) is 14.8. The van der Waals surface area contributed by atoms with Crippen molar-refractivity contribution in [3.05, 3.63) is 47.3 Å². The largest absolute Gasteiger partial charge is 0.493 e. The van der Waals surface area contributed by atoms with Gasteiger partial charge in [0.1, 0.15) is 29.5 Å². The number of benzene rings is 3. The molecule has 4 aromatic rings. The van der Waals surface area contributed by atoms with Crippen LogP contribution in [-0.2, 0) is 4.79 Å². The highest BCUT2D eigenvalue weighted by Gasteiger charge is 2.71. The van der Waals surface area contributed by atoms with E-state index >= 15 is 8.78 Å². The van der Waals surface area contributed by atoms with Gasteiger partial charge in [-0.1, -0.05) is 12.0 Å². The van der Waals surface area contributed by atoms with Gasteiger partial charge in [0.25, 0.3) is 12.4 Å². The highest BCUT2D eigenvalue weighted by atomic mass is 19.3. The molecule has 47 heavy (non-hydrogen) atoms. The molecule has 0 amide bonds. The lowest BCUT2D eigenvalue weighted by atomic mass is 9.92. The van der Waals surface area contributed by atoms with Gasteiger partial charge in [-0.15, -0.1) is 6.42 Å². The number of piperazine rings is 1. The maximum absolute atomic E-state index is 17.0. The van der Waals surface area contributed by atoms with Crippen LogP contribution in [0.3, 0.4) is 0 Å². The van der Waals surface area contributed by atoms with E-state index in [9.17, 15) is 23.1 Å². The molecule has 3 fully saturated rings. The SMILES string of the molecule is C#Cc1c(F)ccc2cc(OC=O)cc(-c3c(F)c(OC)c4c(N5CC6CCC(C5)N6)nc(OCC5(CO)CC5(F)F)nc4c3F)c12. The third kappa shape index (κ3) is 4.87. The molecule has 3 heterocycles. The van der Waals surface area contributed by atoms with E-state index in [2.05, 4.69) is 21.2 Å². The Morgan fingerprint density at radius 3 is 2.47 bits per heavy atom. The van der Waals surface area contributed by atoms with Crippen LogP contribution in [0.4, 0.5) is 27.8 Å². The molecule has 2 aliphatic heterocycles. The molecule has 14 heteroatoms. The highest BCUT2D eigenvalue weighted by Crippen LogP contribution is 2.60. The number of nitrogens with one attached hydrogen (secondary N) is 1. The van der Waals surface area contributed by atoms with E-state index in [0.717, 1.165) is 25.0 Å². The van der Waals surface area contributed by atoms with Gasteiger partial charge in [0, 0.05) is 42.5 Å². The molecule has 9 nitrogen and oxygen atoms in total. The number of hydrogen-bond acceptors (Lipinski definition) is 9. The monoisotopic (exact) mass is 654 g/mol. The van der Waals surface area contributed by atoms with Gasteiger partial charge in [0.05, 0.1) is 35.6 Å². The van der Waals surface area contributed by atoms with Gasteiger partial charge in [0.15, 0.2) is 17.4 Å². The number of hydrogen-bond donors (Lipinski definition) is 2. The van der Waals surface area contributed by atoms with Crippen LogP contribution < -0.4 is 24.4 Å². The second-order valence-electron chi connectivity index (χ2n) is 12.1. The number of terminal acetylenes is 1. The average Bonchev–Trinajstić information content (AvgIpc) is 3.46. The summed E-state index contributed by atoms with van der Waals surface area (Å²) < 4.78 is 93.1. The lowest BCUT2D eigenvalue weighted by Gasteiger charge is -2.34. The second-order valence-corrected chi connectivity index (χ2v) is 12.1. The van der Waals surface area contributed by atoms with Crippen molar-refractivity contribution in [2.45, 2.75) is 37.3 Å². The Morgan fingerprint density at radius 1 is 1.13 bits per heavy atom. The van der Waals surface area contributed by atoms with Crippen LogP contribution in [0, 0.1) is 35.2 Å². The third-order valence-electron chi connectivity index (χ3n) is 9.29. The van der Waals surface area contributed by atoms with Gasteiger partial charge in [-0.3, -0.25) is 4.79 Å². The first kappa shape index (κ1) is 30.9. The van der Waals surface area contributed by atoms with E-state index in [1.165, 1.54) is 19.2 Å². The first-order chi connectivity index (χ1) is 22.5. The number of ether oxygens (including phenoxy) is 3. The molecule has 244 valence electrons. The Bertz CT molecular complexity index is 1990. The molecule has 2 bridgehead atoms. The quantitative estimate of drug-likeness (QED) is 0.151. The van der Waals surface area contributed by atoms with Crippen LogP contribution in [0.5, 0.6) is 17.5 Å². The van der Waals surface area contributed by atoms with E-state index in [1.807, 2.05) is 4.90 Å². The summed E-state index contributed by atoms with van der Waals surface area (Å²) in [5, 5.41) is 13.2. The maximum Gasteiger partial charge on any atom is 0.319 e. The van der Waals surface area contributed by atoms with E-state index < -0.39 is 71.3 Å². The number of aliphatic hydroxyl groups is 1. The lowest BCUT2D eigenvalue weighted by molar-refractivity contribution is -0.120. The van der Waals surface area contributed by atoms with Crippen LogP contribution in [0.15, 0.2) is 24.3 Å². The Balaban J connectivity index is 1.50. The van der Waals surface area contributed by atoms with E-state index in [0.29, 0.717) is 13.1 Å². The molecule has 7 rings (SSSR count). The predicted octanol–water partition coefficient (Wildman–Crippen LogP) is 4.73. The van der Waals surface area contributed by atoms with Crippen molar-refractivity contribution in [2.75, 3.05) is 38.3 Å². The fourth-order valence-electron chi connectivity index (χ4n) is 6.76. The zero-order valence-corrected chi connectivity index (χ0v) is 24.9. The van der Waals surface area contributed by atoms with E-state index in [-0.39, 0.29) is 57.4 Å². The van der Waals surface area contributed by atoms with Crippen LogP contribution in [0.1, 0.15) is 24.8 Å². The smallest absolute Gasteiger partial charge is 0.319 e. The molecule has 0 spiro atoms. The van der Waals surface area contributed by atoms with Crippen LogP contribution in [-0.4, -0.2) is 73.0 Å². The summed E-state index contributed by atoms with van der Waals surface area (Å²) in [5.41, 5.74) is -3.61. The van der Waals surface area contributed by atoms with E-state index in [4.69, 9.17) is 20.6 Å². The van der Waals surface area contributed by atoms with Crippen molar-refractivity contribution in [2.24, 2.45) is 5.41 Å². The van der Waals surface area contributed by atoms with Crippen molar-refractivity contribution in [1.29, 1.82) is 0 Å². The number of rotatable bonds is 9. The first-order valence-electron chi connectivity index (χ1n) is 14.8. The molecule has 3 aromatic carbocycles. The van der Waals surface area contributed by atoms with Gasteiger partial charge in [-0.05, 0) is 36.4 Å².